The highest BCUT2D eigenvalue weighted by Crippen LogP contribution is 2.50. The summed E-state index contributed by atoms with van der Waals surface area (Å²) in [4.78, 5) is 0. The molecular formula is C17H32O. The van der Waals surface area contributed by atoms with E-state index in [1.54, 1.807) is 0 Å². The normalized spacial score (nSPS) is 44.8. The molecule has 0 radical (unpaired) electrons. The maximum absolute atomic E-state index is 11.2. The summed E-state index contributed by atoms with van der Waals surface area (Å²) >= 11 is 0. The van der Waals surface area contributed by atoms with E-state index >= 15 is 0 Å². The molecule has 0 aliphatic heterocycles. The van der Waals surface area contributed by atoms with E-state index in [2.05, 4.69) is 27.7 Å². The predicted octanol–water partition coefficient (Wildman–Crippen LogP) is 4.78. The molecule has 0 bridgehead atoms. The summed E-state index contributed by atoms with van der Waals surface area (Å²) in [5.41, 5.74) is -0.0338. The minimum Gasteiger partial charge on any atom is -0.390 e. The summed E-state index contributed by atoms with van der Waals surface area (Å²) in [5, 5.41) is 11.2. The minimum atomic E-state index is -0.361. The van der Waals surface area contributed by atoms with Crippen LogP contribution < -0.4 is 0 Å². The van der Waals surface area contributed by atoms with E-state index in [4.69, 9.17) is 0 Å². The van der Waals surface area contributed by atoms with Crippen LogP contribution in [0.25, 0.3) is 0 Å². The summed E-state index contributed by atoms with van der Waals surface area (Å²) in [7, 11) is 0. The van der Waals surface area contributed by atoms with Crippen LogP contribution >= 0.6 is 0 Å². The van der Waals surface area contributed by atoms with Gasteiger partial charge in [-0.1, -0.05) is 47.0 Å². The standard InChI is InChI=1S/C17H32O/c1-5-14-6-8-15(9-7-14)17(18)11-13(2)10-16(3,4)12-17/h13-15,18H,5-12H2,1-4H3. The molecule has 1 nitrogen and oxygen atoms in total. The molecule has 1 heteroatoms. The summed E-state index contributed by atoms with van der Waals surface area (Å²) < 4.78 is 0. The quantitative estimate of drug-likeness (QED) is 0.750. The van der Waals surface area contributed by atoms with Crippen molar-refractivity contribution in [3.63, 3.8) is 0 Å². The molecule has 0 heterocycles. The zero-order chi connectivity index (χ0) is 13.4. The molecule has 1 N–H and O–H groups in total. The fraction of sp³-hybridized carbons (Fsp3) is 1.00. The van der Waals surface area contributed by atoms with E-state index in [1.165, 1.54) is 38.5 Å². The Balaban J connectivity index is 2.02. The van der Waals surface area contributed by atoms with Crippen molar-refractivity contribution >= 4 is 0 Å². The van der Waals surface area contributed by atoms with Crippen molar-refractivity contribution in [3.05, 3.63) is 0 Å². The molecule has 0 aromatic carbocycles. The molecule has 106 valence electrons. The Morgan fingerprint density at radius 1 is 1.06 bits per heavy atom. The first-order chi connectivity index (χ1) is 8.35. The second-order valence-electron chi connectivity index (χ2n) is 8.08. The van der Waals surface area contributed by atoms with E-state index in [-0.39, 0.29) is 5.60 Å². The Labute approximate surface area is 113 Å². The second kappa shape index (κ2) is 5.15. The number of aliphatic hydroxyl groups is 1. The van der Waals surface area contributed by atoms with Crippen LogP contribution in [-0.2, 0) is 0 Å². The van der Waals surface area contributed by atoms with Gasteiger partial charge in [-0.25, -0.2) is 0 Å². The van der Waals surface area contributed by atoms with E-state index in [0.717, 1.165) is 18.8 Å². The molecule has 2 aliphatic carbocycles. The highest BCUT2D eigenvalue weighted by Gasteiger charge is 2.46. The van der Waals surface area contributed by atoms with Gasteiger partial charge < -0.3 is 5.11 Å². The zero-order valence-corrected chi connectivity index (χ0v) is 12.8. The molecule has 2 atom stereocenters. The molecule has 0 amide bonds. The van der Waals surface area contributed by atoms with Crippen molar-refractivity contribution in [1.29, 1.82) is 0 Å². The van der Waals surface area contributed by atoms with Gasteiger partial charge in [0.2, 0.25) is 0 Å². The van der Waals surface area contributed by atoms with Crippen LogP contribution in [0.1, 0.15) is 79.1 Å². The van der Waals surface area contributed by atoms with Gasteiger partial charge in [0.25, 0.3) is 0 Å². The monoisotopic (exact) mass is 252 g/mol. The number of hydrogen-bond acceptors (Lipinski definition) is 1. The summed E-state index contributed by atoms with van der Waals surface area (Å²) in [6.07, 6.45) is 9.88. The topological polar surface area (TPSA) is 20.2 Å². The molecule has 18 heavy (non-hydrogen) atoms. The Morgan fingerprint density at radius 3 is 2.17 bits per heavy atom. The van der Waals surface area contributed by atoms with Crippen molar-refractivity contribution in [2.45, 2.75) is 84.7 Å². The van der Waals surface area contributed by atoms with Crippen LogP contribution in [-0.4, -0.2) is 10.7 Å². The van der Waals surface area contributed by atoms with Crippen LogP contribution in [0.3, 0.4) is 0 Å². The molecule has 0 aromatic rings. The van der Waals surface area contributed by atoms with Crippen LogP contribution in [0, 0.1) is 23.2 Å². The van der Waals surface area contributed by atoms with Gasteiger partial charge in [0.05, 0.1) is 5.60 Å². The van der Waals surface area contributed by atoms with Crippen LogP contribution in [0.15, 0.2) is 0 Å². The molecule has 2 unspecified atom stereocenters. The first-order valence-electron chi connectivity index (χ1n) is 8.07. The van der Waals surface area contributed by atoms with Crippen molar-refractivity contribution in [1.82, 2.24) is 0 Å². The second-order valence-corrected chi connectivity index (χ2v) is 8.08. The average molecular weight is 252 g/mol. The largest absolute Gasteiger partial charge is 0.390 e. The molecule has 0 saturated heterocycles. The van der Waals surface area contributed by atoms with Crippen molar-refractivity contribution in [2.24, 2.45) is 23.2 Å². The first-order valence-corrected chi connectivity index (χ1v) is 8.07. The molecule has 0 spiro atoms. The van der Waals surface area contributed by atoms with Crippen LogP contribution in [0.2, 0.25) is 0 Å². The zero-order valence-electron chi connectivity index (χ0n) is 12.8. The van der Waals surface area contributed by atoms with Gasteiger partial charge >= 0.3 is 0 Å². The highest BCUT2D eigenvalue weighted by atomic mass is 16.3. The smallest absolute Gasteiger partial charge is 0.0683 e. The Hall–Kier alpha value is -0.0400. The number of rotatable bonds is 2. The van der Waals surface area contributed by atoms with E-state index in [0.29, 0.717) is 17.3 Å². The van der Waals surface area contributed by atoms with Crippen LogP contribution in [0.5, 0.6) is 0 Å². The lowest BCUT2D eigenvalue weighted by Crippen LogP contribution is -2.48. The third-order valence-electron chi connectivity index (χ3n) is 5.57. The van der Waals surface area contributed by atoms with Gasteiger partial charge in [0, 0.05) is 0 Å². The maximum atomic E-state index is 11.2. The summed E-state index contributed by atoms with van der Waals surface area (Å²) in [5.74, 6) is 2.18. The fourth-order valence-corrected chi connectivity index (χ4v) is 5.01. The summed E-state index contributed by atoms with van der Waals surface area (Å²) in [6, 6.07) is 0. The van der Waals surface area contributed by atoms with Gasteiger partial charge in [-0.15, -0.1) is 0 Å². The van der Waals surface area contributed by atoms with Gasteiger partial charge in [-0.2, -0.15) is 0 Å². The molecule has 2 saturated carbocycles. The van der Waals surface area contributed by atoms with E-state index < -0.39 is 0 Å². The Kier molecular flexibility index (Phi) is 4.11. The van der Waals surface area contributed by atoms with Crippen molar-refractivity contribution in [2.75, 3.05) is 0 Å². The molecule has 2 rings (SSSR count). The van der Waals surface area contributed by atoms with E-state index in [1.807, 2.05) is 0 Å². The predicted molar refractivity (Wildman–Crippen MR) is 77.5 cm³/mol. The van der Waals surface area contributed by atoms with Gasteiger partial charge in [-0.05, 0) is 55.3 Å². The summed E-state index contributed by atoms with van der Waals surface area (Å²) in [6.45, 7) is 9.31. The Morgan fingerprint density at radius 2 is 1.67 bits per heavy atom. The molecule has 2 aliphatic rings. The Bertz CT molecular complexity index is 275. The molecule has 2 fully saturated rings. The third-order valence-corrected chi connectivity index (χ3v) is 5.57. The minimum absolute atomic E-state index is 0.327. The fourth-order valence-electron chi connectivity index (χ4n) is 5.01. The van der Waals surface area contributed by atoms with Crippen molar-refractivity contribution in [3.8, 4) is 0 Å². The number of hydrogen-bond donors (Lipinski definition) is 1. The van der Waals surface area contributed by atoms with Gasteiger partial charge in [0.15, 0.2) is 0 Å². The molecular weight excluding hydrogens is 220 g/mol. The van der Waals surface area contributed by atoms with Crippen LogP contribution in [0.4, 0.5) is 0 Å². The lowest BCUT2D eigenvalue weighted by molar-refractivity contribution is -0.110. The average Bonchev–Trinajstić information content (AvgIpc) is 2.26. The lowest BCUT2D eigenvalue weighted by Gasteiger charge is -2.50. The first kappa shape index (κ1) is 14.4. The van der Waals surface area contributed by atoms with E-state index in [9.17, 15) is 5.11 Å². The maximum Gasteiger partial charge on any atom is 0.0683 e. The molecule has 0 aromatic heterocycles. The van der Waals surface area contributed by atoms with Gasteiger partial charge in [0.1, 0.15) is 0 Å². The van der Waals surface area contributed by atoms with Crippen molar-refractivity contribution < 1.29 is 5.11 Å². The SMILES string of the molecule is CCC1CCC(C2(O)CC(C)CC(C)(C)C2)CC1. The lowest BCUT2D eigenvalue weighted by atomic mass is 9.59. The van der Waals surface area contributed by atoms with Gasteiger partial charge in [-0.3, -0.25) is 0 Å². The highest BCUT2D eigenvalue weighted by molar-refractivity contribution is 4.98. The third kappa shape index (κ3) is 3.10.